The second-order valence-corrected chi connectivity index (χ2v) is 9.37. The van der Waals surface area contributed by atoms with Crippen molar-refractivity contribution < 1.29 is 14.0 Å². The molecule has 0 heterocycles. The summed E-state index contributed by atoms with van der Waals surface area (Å²) < 4.78 is 14.5. The zero-order valence-electron chi connectivity index (χ0n) is 19.2. The monoisotopic (exact) mass is 534 g/mol. The number of halogens is 4. The van der Waals surface area contributed by atoms with Crippen molar-refractivity contribution in [1.29, 1.82) is 0 Å². The van der Waals surface area contributed by atoms with Gasteiger partial charge in [-0.3, -0.25) is 9.59 Å². The molecule has 8 heteroatoms. The number of nitrogens with zero attached hydrogens (tertiary/aromatic N) is 1. The predicted octanol–water partition coefficient (Wildman–Crippen LogP) is 6.49. The summed E-state index contributed by atoms with van der Waals surface area (Å²) in [6, 6.07) is 17.9. The van der Waals surface area contributed by atoms with Gasteiger partial charge in [-0.05, 0) is 41.8 Å². The lowest BCUT2D eigenvalue weighted by Crippen LogP contribution is -2.51. The Bertz CT molecular complexity index is 1150. The van der Waals surface area contributed by atoms with Crippen LogP contribution in [-0.2, 0) is 29.0 Å². The lowest BCUT2D eigenvalue weighted by molar-refractivity contribution is -0.140. The highest BCUT2D eigenvalue weighted by Gasteiger charge is 2.31. The topological polar surface area (TPSA) is 49.4 Å². The number of nitrogens with one attached hydrogen (secondary N) is 1. The first-order valence-corrected chi connectivity index (χ1v) is 12.4. The number of hydrogen-bond acceptors (Lipinski definition) is 2. The Morgan fingerprint density at radius 1 is 0.914 bits per heavy atom. The van der Waals surface area contributed by atoms with E-state index < -0.39 is 17.8 Å². The van der Waals surface area contributed by atoms with E-state index in [1.54, 1.807) is 18.2 Å². The predicted molar refractivity (Wildman–Crippen MR) is 139 cm³/mol. The second-order valence-electron chi connectivity index (χ2n) is 8.14. The van der Waals surface area contributed by atoms with Gasteiger partial charge in [0.15, 0.2) is 0 Å². The highest BCUT2D eigenvalue weighted by molar-refractivity contribution is 6.42. The summed E-state index contributed by atoms with van der Waals surface area (Å²) in [5.74, 6) is -1.30. The maximum Gasteiger partial charge on any atom is 0.243 e. The number of rotatable bonds is 10. The summed E-state index contributed by atoms with van der Waals surface area (Å²) >= 11 is 18.5. The van der Waals surface area contributed by atoms with Gasteiger partial charge in [0.25, 0.3) is 0 Å². The van der Waals surface area contributed by atoms with Crippen LogP contribution >= 0.6 is 34.8 Å². The van der Waals surface area contributed by atoms with Crippen LogP contribution in [0.1, 0.15) is 30.0 Å². The highest BCUT2D eigenvalue weighted by atomic mass is 35.5. The molecule has 1 N–H and O–H groups in total. The van der Waals surface area contributed by atoms with E-state index in [2.05, 4.69) is 5.32 Å². The van der Waals surface area contributed by atoms with Crippen molar-refractivity contribution in [3.8, 4) is 0 Å². The lowest BCUT2D eigenvalue weighted by atomic mass is 10.0. The molecule has 0 unspecified atom stereocenters. The molecule has 0 bridgehead atoms. The fourth-order valence-electron chi connectivity index (χ4n) is 3.71. The second kappa shape index (κ2) is 12.9. The largest absolute Gasteiger partial charge is 0.354 e. The molecule has 0 saturated carbocycles. The number of hydrogen-bond donors (Lipinski definition) is 1. The third-order valence-corrected chi connectivity index (χ3v) is 6.64. The standard InChI is InChI=1S/C27H26Cl3FN2O2/c1-2-13-32-27(35)25(15-18-7-4-3-5-8-18)33(17-19-11-12-22(29)23(30)14-19)26(34)16-20-21(28)9-6-10-24(20)31/h3-12,14,25H,2,13,15-17H2,1H3,(H,32,35)/t25-/m1/s1. The summed E-state index contributed by atoms with van der Waals surface area (Å²) in [5, 5.41) is 3.78. The van der Waals surface area contributed by atoms with E-state index in [-0.39, 0.29) is 35.9 Å². The molecule has 4 nitrogen and oxygen atoms in total. The Morgan fingerprint density at radius 2 is 1.66 bits per heavy atom. The molecule has 0 aliphatic carbocycles. The Hall–Kier alpha value is -2.60. The molecule has 0 spiro atoms. The Balaban J connectivity index is 2.01. The molecule has 0 aliphatic rings. The molecule has 0 saturated heterocycles. The van der Waals surface area contributed by atoms with Crippen molar-refractivity contribution in [2.24, 2.45) is 0 Å². The first kappa shape index (κ1) is 27.0. The van der Waals surface area contributed by atoms with E-state index >= 15 is 0 Å². The van der Waals surface area contributed by atoms with Gasteiger partial charge in [-0.25, -0.2) is 4.39 Å². The normalized spacial score (nSPS) is 11.7. The van der Waals surface area contributed by atoms with Crippen molar-refractivity contribution in [2.75, 3.05) is 6.54 Å². The van der Waals surface area contributed by atoms with Gasteiger partial charge in [0, 0.05) is 30.1 Å². The van der Waals surface area contributed by atoms with Crippen LogP contribution in [0, 0.1) is 5.82 Å². The number of benzene rings is 3. The average Bonchev–Trinajstić information content (AvgIpc) is 2.84. The summed E-state index contributed by atoms with van der Waals surface area (Å²) in [6.45, 7) is 2.50. The molecular formula is C27H26Cl3FN2O2. The average molecular weight is 536 g/mol. The van der Waals surface area contributed by atoms with E-state index in [4.69, 9.17) is 34.8 Å². The summed E-state index contributed by atoms with van der Waals surface area (Å²) in [5.41, 5.74) is 1.67. The van der Waals surface area contributed by atoms with Crippen LogP contribution in [0.3, 0.4) is 0 Å². The van der Waals surface area contributed by atoms with Crippen LogP contribution < -0.4 is 5.32 Å². The molecule has 0 aromatic heterocycles. The molecule has 2 amide bonds. The molecule has 3 aromatic rings. The maximum absolute atomic E-state index is 14.5. The van der Waals surface area contributed by atoms with Gasteiger partial charge in [-0.1, -0.05) is 84.2 Å². The van der Waals surface area contributed by atoms with Crippen LogP contribution in [0.4, 0.5) is 4.39 Å². The zero-order valence-corrected chi connectivity index (χ0v) is 21.5. The molecule has 0 fully saturated rings. The molecule has 184 valence electrons. The quantitative estimate of drug-likeness (QED) is 0.322. The minimum Gasteiger partial charge on any atom is -0.354 e. The van der Waals surface area contributed by atoms with E-state index in [9.17, 15) is 14.0 Å². The Morgan fingerprint density at radius 3 is 2.31 bits per heavy atom. The number of amides is 2. The minimum absolute atomic E-state index is 0.0822. The van der Waals surface area contributed by atoms with Gasteiger partial charge in [0.1, 0.15) is 11.9 Å². The van der Waals surface area contributed by atoms with Gasteiger partial charge < -0.3 is 10.2 Å². The number of carbonyl (C=O) groups excluding carboxylic acids is 2. The van der Waals surface area contributed by atoms with Crippen LogP contribution in [0.5, 0.6) is 0 Å². The third-order valence-electron chi connectivity index (χ3n) is 5.55. The number of carbonyl (C=O) groups is 2. The summed E-state index contributed by atoms with van der Waals surface area (Å²) in [6.07, 6.45) is 0.739. The van der Waals surface area contributed by atoms with E-state index in [1.807, 2.05) is 37.3 Å². The van der Waals surface area contributed by atoms with Crippen molar-refractivity contribution in [1.82, 2.24) is 10.2 Å². The zero-order chi connectivity index (χ0) is 25.4. The summed E-state index contributed by atoms with van der Waals surface area (Å²) in [7, 11) is 0. The summed E-state index contributed by atoms with van der Waals surface area (Å²) in [4.78, 5) is 28.4. The highest BCUT2D eigenvalue weighted by Crippen LogP contribution is 2.26. The Labute approximate surface area is 220 Å². The molecule has 3 aromatic carbocycles. The fraction of sp³-hybridized carbons (Fsp3) is 0.259. The van der Waals surface area contributed by atoms with E-state index in [0.717, 1.165) is 12.0 Å². The molecule has 0 aliphatic heterocycles. The van der Waals surface area contributed by atoms with Gasteiger partial charge in [0.2, 0.25) is 11.8 Å². The first-order valence-electron chi connectivity index (χ1n) is 11.3. The van der Waals surface area contributed by atoms with Crippen LogP contribution in [0.2, 0.25) is 15.1 Å². The van der Waals surface area contributed by atoms with Gasteiger partial charge in [-0.2, -0.15) is 0 Å². The van der Waals surface area contributed by atoms with Crippen LogP contribution in [0.15, 0.2) is 66.7 Å². The van der Waals surface area contributed by atoms with Crippen molar-refractivity contribution in [3.05, 3.63) is 104 Å². The van der Waals surface area contributed by atoms with Crippen LogP contribution in [0.25, 0.3) is 0 Å². The van der Waals surface area contributed by atoms with Gasteiger partial charge >= 0.3 is 0 Å². The SMILES string of the molecule is CCCNC(=O)[C@@H](Cc1ccccc1)N(Cc1ccc(Cl)c(Cl)c1)C(=O)Cc1c(F)cccc1Cl. The maximum atomic E-state index is 14.5. The van der Waals surface area contributed by atoms with Gasteiger partial charge in [0.05, 0.1) is 16.5 Å². The Kier molecular flexibility index (Phi) is 9.96. The van der Waals surface area contributed by atoms with Crippen molar-refractivity contribution in [3.63, 3.8) is 0 Å². The molecular weight excluding hydrogens is 510 g/mol. The van der Waals surface area contributed by atoms with Gasteiger partial charge in [-0.15, -0.1) is 0 Å². The molecule has 3 rings (SSSR count). The fourth-order valence-corrected chi connectivity index (χ4v) is 4.26. The smallest absolute Gasteiger partial charge is 0.243 e. The lowest BCUT2D eigenvalue weighted by Gasteiger charge is -2.32. The first-order chi connectivity index (χ1) is 16.8. The van der Waals surface area contributed by atoms with E-state index in [0.29, 0.717) is 22.2 Å². The molecule has 0 radical (unpaired) electrons. The third kappa shape index (κ3) is 7.44. The van der Waals surface area contributed by atoms with Crippen molar-refractivity contribution in [2.45, 2.75) is 38.8 Å². The van der Waals surface area contributed by atoms with Crippen LogP contribution in [-0.4, -0.2) is 29.3 Å². The van der Waals surface area contributed by atoms with Crippen molar-refractivity contribution >= 4 is 46.6 Å². The molecule has 35 heavy (non-hydrogen) atoms. The minimum atomic E-state index is -0.837. The van der Waals surface area contributed by atoms with E-state index in [1.165, 1.54) is 23.1 Å². The molecule has 1 atom stereocenters.